The van der Waals surface area contributed by atoms with Crippen molar-refractivity contribution in [3.05, 3.63) is 118 Å². The summed E-state index contributed by atoms with van der Waals surface area (Å²) >= 11 is 0. The molecule has 0 saturated carbocycles. The van der Waals surface area contributed by atoms with E-state index in [4.69, 9.17) is 0 Å². The third kappa shape index (κ3) is 6.37. The normalized spacial score (nSPS) is 12.1. The predicted octanol–water partition coefficient (Wildman–Crippen LogP) is 10.6. The molecule has 0 amide bonds. The Morgan fingerprint density at radius 2 is 1.39 bits per heavy atom. The Morgan fingerprint density at radius 3 is 2.02 bits per heavy atom. The van der Waals surface area contributed by atoms with Gasteiger partial charge in [0.05, 0.1) is 4.92 Å². The van der Waals surface area contributed by atoms with E-state index >= 15 is 0 Å². The highest BCUT2D eigenvalue weighted by Gasteiger charge is 2.36. The molecule has 6 heteroatoms. The van der Waals surface area contributed by atoms with Gasteiger partial charge in [0.15, 0.2) is 5.69 Å². The number of benzene rings is 4. The zero-order valence-electron chi connectivity index (χ0n) is 24.6. The summed E-state index contributed by atoms with van der Waals surface area (Å²) in [5, 5.41) is 32.4. The highest BCUT2D eigenvalue weighted by atomic mass is 16.6. The molecular formula is C35H39N3O3. The quantitative estimate of drug-likeness (QED) is 0.0873. The Hall–Kier alpha value is -4.32. The van der Waals surface area contributed by atoms with Gasteiger partial charge in [-0.1, -0.05) is 127 Å². The molecule has 0 aliphatic carbocycles. The number of para-hydroxylation sites is 1. The molecule has 4 rings (SSSR count). The lowest BCUT2D eigenvalue weighted by molar-refractivity contribution is -0.384. The van der Waals surface area contributed by atoms with E-state index < -0.39 is 10.3 Å². The van der Waals surface area contributed by atoms with Crippen molar-refractivity contribution in [3.63, 3.8) is 0 Å². The summed E-state index contributed by atoms with van der Waals surface area (Å²) < 4.78 is 0. The van der Waals surface area contributed by atoms with Crippen molar-refractivity contribution in [2.24, 2.45) is 10.2 Å². The number of azo groups is 1. The summed E-state index contributed by atoms with van der Waals surface area (Å²) in [5.41, 5.74) is 4.31. The second kappa shape index (κ2) is 12.5. The number of rotatable bonds is 11. The Morgan fingerprint density at radius 1 is 0.805 bits per heavy atom. The van der Waals surface area contributed by atoms with Gasteiger partial charge in [0, 0.05) is 17.0 Å². The van der Waals surface area contributed by atoms with Gasteiger partial charge in [0.1, 0.15) is 11.4 Å². The minimum Gasteiger partial charge on any atom is -0.505 e. The molecule has 0 aromatic heterocycles. The van der Waals surface area contributed by atoms with Crippen LogP contribution in [0.4, 0.5) is 17.1 Å². The number of unbranched alkanes of at least 4 members (excludes halogenated alkanes) is 2. The van der Waals surface area contributed by atoms with E-state index in [0.29, 0.717) is 5.69 Å². The van der Waals surface area contributed by atoms with Crippen molar-refractivity contribution in [1.82, 2.24) is 0 Å². The van der Waals surface area contributed by atoms with Crippen LogP contribution in [-0.2, 0) is 10.8 Å². The molecular weight excluding hydrogens is 510 g/mol. The fourth-order valence-electron chi connectivity index (χ4n) is 5.54. The van der Waals surface area contributed by atoms with Crippen molar-refractivity contribution < 1.29 is 10.0 Å². The summed E-state index contributed by atoms with van der Waals surface area (Å²) in [6.07, 6.45) is 4.29. The molecule has 0 unspecified atom stereocenters. The molecule has 0 aliphatic rings. The summed E-state index contributed by atoms with van der Waals surface area (Å²) in [5.74, 6) is 0.0214. The molecule has 0 spiro atoms. The lowest BCUT2D eigenvalue weighted by Gasteiger charge is -2.35. The van der Waals surface area contributed by atoms with Crippen LogP contribution in [0.5, 0.6) is 5.75 Å². The zero-order chi connectivity index (χ0) is 29.6. The molecule has 4 aromatic carbocycles. The maximum atomic E-state index is 12.0. The van der Waals surface area contributed by atoms with Gasteiger partial charge in [-0.3, -0.25) is 10.1 Å². The van der Waals surface area contributed by atoms with Gasteiger partial charge in [-0.25, -0.2) is 0 Å². The van der Waals surface area contributed by atoms with Crippen LogP contribution in [0.1, 0.15) is 77.0 Å². The number of nitro groups is 1. The minimum absolute atomic E-state index is 0.0214. The van der Waals surface area contributed by atoms with Crippen LogP contribution < -0.4 is 0 Å². The Labute approximate surface area is 243 Å². The smallest absolute Gasteiger partial charge is 0.296 e. The van der Waals surface area contributed by atoms with E-state index in [1.807, 2.05) is 42.5 Å². The van der Waals surface area contributed by atoms with Gasteiger partial charge in [0.25, 0.3) is 5.69 Å². The zero-order valence-corrected chi connectivity index (χ0v) is 24.6. The molecule has 0 fully saturated rings. The average Bonchev–Trinajstić information content (AvgIpc) is 2.97. The molecule has 4 aromatic rings. The molecule has 41 heavy (non-hydrogen) atoms. The van der Waals surface area contributed by atoms with Gasteiger partial charge in [-0.2, -0.15) is 0 Å². The SMILES string of the molecule is CCCCCC(C)(C)c1cc(N=Nc2ccccc2[N+](=O)[O-])c(O)c(C(C)(C)c2ccccc2)c1-c1ccccc1. The fourth-order valence-corrected chi connectivity index (χ4v) is 5.54. The first kappa shape index (κ1) is 29.7. The average molecular weight is 550 g/mol. The first-order valence-corrected chi connectivity index (χ1v) is 14.2. The number of phenolic OH excluding ortho intramolecular Hbond substituents is 1. The number of hydrogen-bond donors (Lipinski definition) is 1. The minimum atomic E-state index is -0.602. The van der Waals surface area contributed by atoms with Crippen LogP contribution >= 0.6 is 0 Å². The van der Waals surface area contributed by atoms with Crippen LogP contribution in [0.25, 0.3) is 11.1 Å². The van der Waals surface area contributed by atoms with Gasteiger partial charge < -0.3 is 5.11 Å². The van der Waals surface area contributed by atoms with Crippen LogP contribution in [-0.4, -0.2) is 10.0 Å². The van der Waals surface area contributed by atoms with Crippen molar-refractivity contribution in [3.8, 4) is 16.9 Å². The van der Waals surface area contributed by atoms with E-state index in [-0.39, 0.29) is 22.5 Å². The summed E-state index contributed by atoms with van der Waals surface area (Å²) in [6.45, 7) is 10.9. The molecule has 0 radical (unpaired) electrons. The predicted molar refractivity (Wildman–Crippen MR) is 167 cm³/mol. The Balaban J connectivity index is 2.05. The molecule has 212 valence electrons. The molecule has 0 atom stereocenters. The first-order valence-electron chi connectivity index (χ1n) is 14.2. The molecule has 0 aliphatic heterocycles. The van der Waals surface area contributed by atoms with Crippen molar-refractivity contribution in [1.29, 1.82) is 0 Å². The van der Waals surface area contributed by atoms with Crippen molar-refractivity contribution >= 4 is 17.1 Å². The maximum absolute atomic E-state index is 12.0. The van der Waals surface area contributed by atoms with Crippen LogP contribution in [0.2, 0.25) is 0 Å². The standard InChI is InChI=1S/C35H39N3O3/c1-6-7-16-23-34(2,3)27-24-29(37-36-28-21-14-15-22-30(28)38(40)41)33(39)32(31(27)25-17-10-8-11-18-25)35(4,5)26-19-12-9-13-20-26/h8-15,17-22,24,39H,6-7,16,23H2,1-5H3. The molecule has 0 saturated heterocycles. The third-order valence-electron chi connectivity index (χ3n) is 7.94. The number of hydrogen-bond acceptors (Lipinski definition) is 5. The lowest BCUT2D eigenvalue weighted by Crippen LogP contribution is -2.25. The summed E-state index contributed by atoms with van der Waals surface area (Å²) in [6, 6.07) is 28.5. The third-order valence-corrected chi connectivity index (χ3v) is 7.94. The van der Waals surface area contributed by atoms with E-state index in [1.54, 1.807) is 18.2 Å². The Bertz CT molecular complexity index is 1530. The largest absolute Gasteiger partial charge is 0.505 e. The number of nitrogens with zero attached hydrogens (tertiary/aromatic N) is 3. The second-order valence-corrected chi connectivity index (χ2v) is 11.7. The second-order valence-electron chi connectivity index (χ2n) is 11.7. The van der Waals surface area contributed by atoms with E-state index in [1.165, 1.54) is 6.07 Å². The van der Waals surface area contributed by atoms with Crippen LogP contribution in [0.3, 0.4) is 0 Å². The summed E-state index contributed by atoms with van der Waals surface area (Å²) in [7, 11) is 0. The number of nitro benzene ring substituents is 1. The number of phenols is 1. The van der Waals surface area contributed by atoms with E-state index in [0.717, 1.165) is 53.5 Å². The van der Waals surface area contributed by atoms with Gasteiger partial charge in [-0.05, 0) is 46.2 Å². The fraction of sp³-hybridized carbons (Fsp3) is 0.314. The van der Waals surface area contributed by atoms with Gasteiger partial charge >= 0.3 is 0 Å². The van der Waals surface area contributed by atoms with Gasteiger partial charge in [-0.15, -0.1) is 10.2 Å². The summed E-state index contributed by atoms with van der Waals surface area (Å²) in [4.78, 5) is 11.1. The maximum Gasteiger partial charge on any atom is 0.296 e. The molecule has 0 bridgehead atoms. The molecule has 1 N–H and O–H groups in total. The molecule has 0 heterocycles. The first-order chi connectivity index (χ1) is 19.6. The lowest BCUT2D eigenvalue weighted by atomic mass is 9.68. The van der Waals surface area contributed by atoms with E-state index in [9.17, 15) is 15.2 Å². The van der Waals surface area contributed by atoms with Gasteiger partial charge in [0.2, 0.25) is 0 Å². The Kier molecular flexibility index (Phi) is 9.01. The van der Waals surface area contributed by atoms with Crippen LogP contribution in [0.15, 0.2) is 101 Å². The van der Waals surface area contributed by atoms with Crippen molar-refractivity contribution in [2.75, 3.05) is 0 Å². The monoisotopic (exact) mass is 549 g/mol. The number of aromatic hydroxyl groups is 1. The highest BCUT2D eigenvalue weighted by Crippen LogP contribution is 2.52. The van der Waals surface area contributed by atoms with Crippen LogP contribution in [0, 0.1) is 10.1 Å². The highest BCUT2D eigenvalue weighted by molar-refractivity contribution is 5.81. The topological polar surface area (TPSA) is 88.1 Å². The molecule has 6 nitrogen and oxygen atoms in total. The van der Waals surface area contributed by atoms with Crippen molar-refractivity contribution in [2.45, 2.75) is 71.1 Å². The van der Waals surface area contributed by atoms with E-state index in [2.05, 4.69) is 69.1 Å².